The van der Waals surface area contributed by atoms with Gasteiger partial charge in [-0.25, -0.2) is 8.42 Å². The first-order valence-electron chi connectivity index (χ1n) is 5.36. The summed E-state index contributed by atoms with van der Waals surface area (Å²) >= 11 is 0. The zero-order valence-electron chi connectivity index (χ0n) is 10.7. The van der Waals surface area contributed by atoms with Gasteiger partial charge >= 0.3 is 0 Å². The number of aryl methyl sites for hydroxylation is 2. The van der Waals surface area contributed by atoms with E-state index in [0.29, 0.717) is 11.1 Å². The van der Waals surface area contributed by atoms with Crippen molar-refractivity contribution in [2.24, 2.45) is 0 Å². The maximum atomic E-state index is 11.7. The summed E-state index contributed by atoms with van der Waals surface area (Å²) in [5.41, 5.74) is 0.933. The van der Waals surface area contributed by atoms with Gasteiger partial charge in [-0.1, -0.05) is 0 Å². The third-order valence-corrected chi connectivity index (χ3v) is 4.25. The number of sulfonamides is 1. The number of rotatable bonds is 4. The Hall–Kier alpha value is -2.14. The Kier molecular flexibility index (Phi) is 4.11. The summed E-state index contributed by atoms with van der Waals surface area (Å²) in [5, 5.41) is 18.2. The highest BCUT2D eigenvalue weighted by atomic mass is 32.2. The number of benzene rings is 1. The Morgan fingerprint density at radius 1 is 1.37 bits per heavy atom. The second-order valence-electron chi connectivity index (χ2n) is 4.13. The summed E-state index contributed by atoms with van der Waals surface area (Å²) in [6.45, 7) is 4.61. The zero-order valence-corrected chi connectivity index (χ0v) is 11.5. The second kappa shape index (κ2) is 5.24. The molecule has 1 atom stereocenters. The van der Waals surface area contributed by atoms with Crippen molar-refractivity contribution in [3.63, 3.8) is 0 Å². The van der Waals surface area contributed by atoms with Gasteiger partial charge in [-0.15, -0.1) is 0 Å². The summed E-state index contributed by atoms with van der Waals surface area (Å²) in [6.07, 6.45) is 0. The van der Waals surface area contributed by atoms with E-state index in [2.05, 4.69) is 4.72 Å². The van der Waals surface area contributed by atoms with E-state index in [9.17, 15) is 18.5 Å². The summed E-state index contributed by atoms with van der Waals surface area (Å²) in [6, 6.07) is 4.26. The van der Waals surface area contributed by atoms with Crippen molar-refractivity contribution in [2.75, 3.05) is 4.72 Å². The van der Waals surface area contributed by atoms with Crippen molar-refractivity contribution in [1.29, 1.82) is 5.26 Å². The van der Waals surface area contributed by atoms with Crippen molar-refractivity contribution in [3.8, 4) is 6.07 Å². The lowest BCUT2D eigenvalue weighted by molar-refractivity contribution is -0.383. The van der Waals surface area contributed by atoms with Crippen molar-refractivity contribution < 1.29 is 13.3 Å². The molecule has 0 heterocycles. The highest BCUT2D eigenvalue weighted by Gasteiger charge is 2.25. The third-order valence-electron chi connectivity index (χ3n) is 2.71. The third kappa shape index (κ3) is 3.20. The van der Waals surface area contributed by atoms with Gasteiger partial charge in [0.15, 0.2) is 5.25 Å². The van der Waals surface area contributed by atoms with E-state index in [1.54, 1.807) is 19.9 Å². The minimum absolute atomic E-state index is 0.129. The van der Waals surface area contributed by atoms with Crippen molar-refractivity contribution in [1.82, 2.24) is 0 Å². The van der Waals surface area contributed by atoms with E-state index in [0.717, 1.165) is 0 Å². The molecule has 1 aromatic rings. The van der Waals surface area contributed by atoms with Crippen LogP contribution in [0.2, 0.25) is 0 Å². The standard InChI is InChI=1S/C11H13N3O4S/c1-7-4-10(11(14(15)16)5-8(7)2)13-19(17,18)9(3)6-12/h4-5,9,13H,1-3H3. The van der Waals surface area contributed by atoms with Crippen molar-refractivity contribution in [3.05, 3.63) is 33.4 Å². The summed E-state index contributed by atoms with van der Waals surface area (Å²) in [4.78, 5) is 10.3. The van der Waals surface area contributed by atoms with E-state index in [1.165, 1.54) is 19.1 Å². The van der Waals surface area contributed by atoms with Crippen LogP contribution in [0.3, 0.4) is 0 Å². The van der Waals surface area contributed by atoms with Gasteiger partial charge in [-0.3, -0.25) is 14.8 Å². The van der Waals surface area contributed by atoms with Crippen LogP contribution >= 0.6 is 0 Å². The number of nitrogens with one attached hydrogen (secondary N) is 1. The quantitative estimate of drug-likeness (QED) is 0.669. The Morgan fingerprint density at radius 2 is 1.89 bits per heavy atom. The fraction of sp³-hybridized carbons (Fsp3) is 0.364. The molecule has 1 N–H and O–H groups in total. The minimum Gasteiger partial charge on any atom is -0.276 e. The summed E-state index contributed by atoms with van der Waals surface area (Å²) in [7, 11) is -3.96. The van der Waals surface area contributed by atoms with Crippen LogP contribution in [0.15, 0.2) is 12.1 Å². The van der Waals surface area contributed by atoms with Crippen LogP contribution in [0.25, 0.3) is 0 Å². The number of hydrogen-bond donors (Lipinski definition) is 1. The van der Waals surface area contributed by atoms with E-state index in [4.69, 9.17) is 5.26 Å². The average molecular weight is 283 g/mol. The number of anilines is 1. The molecule has 0 aliphatic carbocycles. The smallest absolute Gasteiger partial charge is 0.276 e. The van der Waals surface area contributed by atoms with Gasteiger partial charge in [0.2, 0.25) is 10.0 Å². The van der Waals surface area contributed by atoms with Crippen LogP contribution in [-0.2, 0) is 10.0 Å². The monoisotopic (exact) mass is 283 g/mol. The van der Waals surface area contributed by atoms with Crippen molar-refractivity contribution in [2.45, 2.75) is 26.0 Å². The van der Waals surface area contributed by atoms with E-state index in [-0.39, 0.29) is 11.4 Å². The van der Waals surface area contributed by atoms with Crippen LogP contribution in [0, 0.1) is 35.3 Å². The van der Waals surface area contributed by atoms with Gasteiger partial charge in [0.1, 0.15) is 5.69 Å². The first-order valence-corrected chi connectivity index (χ1v) is 6.90. The number of nitro benzene ring substituents is 1. The number of nitrogens with zero attached hydrogens (tertiary/aromatic N) is 2. The summed E-state index contributed by atoms with van der Waals surface area (Å²) < 4.78 is 25.6. The van der Waals surface area contributed by atoms with Gasteiger partial charge in [-0.05, 0) is 38.0 Å². The molecule has 0 fully saturated rings. The molecule has 0 saturated carbocycles. The average Bonchev–Trinajstić information content (AvgIpc) is 2.31. The molecule has 0 bridgehead atoms. The first kappa shape index (κ1) is 14.9. The zero-order chi connectivity index (χ0) is 14.8. The predicted molar refractivity (Wildman–Crippen MR) is 70.2 cm³/mol. The molecule has 0 aromatic heterocycles. The number of nitriles is 1. The molecule has 0 aliphatic rings. The van der Waals surface area contributed by atoms with Crippen LogP contribution in [0.4, 0.5) is 11.4 Å². The SMILES string of the molecule is Cc1cc(NS(=O)(=O)C(C)C#N)c([N+](=O)[O-])cc1C. The van der Waals surface area contributed by atoms with Gasteiger partial charge in [-0.2, -0.15) is 5.26 Å². The molecule has 1 unspecified atom stereocenters. The van der Waals surface area contributed by atoms with Crippen LogP contribution in [-0.4, -0.2) is 18.6 Å². The topological polar surface area (TPSA) is 113 Å². The highest BCUT2D eigenvalue weighted by molar-refractivity contribution is 7.93. The van der Waals surface area contributed by atoms with E-state index < -0.39 is 20.2 Å². The molecule has 0 saturated heterocycles. The number of hydrogen-bond acceptors (Lipinski definition) is 5. The van der Waals surface area contributed by atoms with Crippen molar-refractivity contribution >= 4 is 21.4 Å². The Morgan fingerprint density at radius 3 is 2.37 bits per heavy atom. The maximum absolute atomic E-state index is 11.7. The van der Waals surface area contributed by atoms with Crippen LogP contribution < -0.4 is 4.72 Å². The van der Waals surface area contributed by atoms with Crippen LogP contribution in [0.5, 0.6) is 0 Å². The molecule has 1 aromatic carbocycles. The molecular formula is C11H13N3O4S. The van der Waals surface area contributed by atoms with Gasteiger partial charge in [0.25, 0.3) is 5.69 Å². The maximum Gasteiger partial charge on any atom is 0.293 e. The minimum atomic E-state index is -3.96. The lowest BCUT2D eigenvalue weighted by atomic mass is 10.1. The fourth-order valence-electron chi connectivity index (χ4n) is 1.34. The first-order chi connectivity index (χ1) is 8.69. The molecule has 102 valence electrons. The number of nitro groups is 1. The Bertz CT molecular complexity index is 661. The Labute approximate surface area is 111 Å². The fourth-order valence-corrected chi connectivity index (χ4v) is 2.13. The molecule has 1 rings (SSSR count). The predicted octanol–water partition coefficient (Wildman–Crippen LogP) is 1.87. The summed E-state index contributed by atoms with van der Waals surface area (Å²) in [5.74, 6) is 0. The van der Waals surface area contributed by atoms with E-state index in [1.807, 2.05) is 0 Å². The normalized spacial score (nSPS) is 12.5. The Balaban J connectivity index is 3.33. The molecule has 0 radical (unpaired) electrons. The molecule has 0 aliphatic heterocycles. The lowest BCUT2D eigenvalue weighted by Gasteiger charge is -2.11. The highest BCUT2D eigenvalue weighted by Crippen LogP contribution is 2.29. The molecular weight excluding hydrogens is 270 g/mol. The molecule has 19 heavy (non-hydrogen) atoms. The molecule has 8 heteroatoms. The van der Waals surface area contributed by atoms with Gasteiger partial charge < -0.3 is 0 Å². The van der Waals surface area contributed by atoms with Crippen LogP contribution in [0.1, 0.15) is 18.1 Å². The largest absolute Gasteiger partial charge is 0.293 e. The van der Waals surface area contributed by atoms with Gasteiger partial charge in [0.05, 0.1) is 11.0 Å². The molecule has 7 nitrogen and oxygen atoms in total. The second-order valence-corrected chi connectivity index (χ2v) is 6.13. The molecule has 0 spiro atoms. The van der Waals surface area contributed by atoms with E-state index >= 15 is 0 Å². The molecule has 0 amide bonds. The lowest BCUT2D eigenvalue weighted by Crippen LogP contribution is -2.24. The van der Waals surface area contributed by atoms with Gasteiger partial charge in [0, 0.05) is 6.07 Å².